The highest BCUT2D eigenvalue weighted by molar-refractivity contribution is 7.22. The topological polar surface area (TPSA) is 79.6 Å². The number of nitro benzene ring substituents is 1. The summed E-state index contributed by atoms with van der Waals surface area (Å²) in [6.45, 7) is 1.14. The van der Waals surface area contributed by atoms with Crippen LogP contribution in [-0.4, -0.2) is 47.9 Å². The van der Waals surface area contributed by atoms with Crippen molar-refractivity contribution < 1.29 is 9.72 Å². The van der Waals surface area contributed by atoms with E-state index in [1.54, 1.807) is 6.07 Å². The predicted octanol–water partition coefficient (Wildman–Crippen LogP) is 5.53. The van der Waals surface area contributed by atoms with Gasteiger partial charge < -0.3 is 4.90 Å². The first kappa shape index (κ1) is 24.3. The van der Waals surface area contributed by atoms with E-state index in [1.165, 1.54) is 34.4 Å². The van der Waals surface area contributed by atoms with Crippen molar-refractivity contribution in [1.82, 2.24) is 9.88 Å². The van der Waals surface area contributed by atoms with Gasteiger partial charge in [-0.25, -0.2) is 4.98 Å². The molecule has 2 aromatic carbocycles. The molecule has 0 unspecified atom stereocenters. The van der Waals surface area contributed by atoms with Gasteiger partial charge in [0.15, 0.2) is 5.13 Å². The van der Waals surface area contributed by atoms with Crippen molar-refractivity contribution in [2.45, 2.75) is 6.42 Å². The molecular formula is C19H19Cl3N4O3S. The molecule has 1 heterocycles. The van der Waals surface area contributed by atoms with Crippen molar-refractivity contribution in [2.75, 3.05) is 32.1 Å². The van der Waals surface area contributed by atoms with Gasteiger partial charge in [-0.05, 0) is 45.3 Å². The summed E-state index contributed by atoms with van der Waals surface area (Å²) < 4.78 is 0.850. The molecule has 0 bridgehead atoms. The van der Waals surface area contributed by atoms with Gasteiger partial charge in [0.2, 0.25) is 0 Å². The number of benzene rings is 2. The average Bonchev–Trinajstić information content (AvgIpc) is 3.10. The highest BCUT2D eigenvalue weighted by Gasteiger charge is 2.25. The van der Waals surface area contributed by atoms with Gasteiger partial charge in [0.05, 0.1) is 25.2 Å². The molecule has 0 aliphatic carbocycles. The summed E-state index contributed by atoms with van der Waals surface area (Å²) in [6.07, 6.45) is 0.689. The number of anilines is 1. The van der Waals surface area contributed by atoms with Crippen molar-refractivity contribution in [3.8, 4) is 0 Å². The van der Waals surface area contributed by atoms with Crippen LogP contribution in [0.25, 0.3) is 10.2 Å². The van der Waals surface area contributed by atoms with Crippen molar-refractivity contribution >= 4 is 73.9 Å². The number of nitrogens with zero attached hydrogens (tertiary/aromatic N) is 4. The van der Waals surface area contributed by atoms with Gasteiger partial charge in [-0.1, -0.05) is 40.6 Å². The summed E-state index contributed by atoms with van der Waals surface area (Å²) in [7, 11) is 3.89. The molecule has 0 radical (unpaired) electrons. The lowest BCUT2D eigenvalue weighted by Crippen LogP contribution is -2.33. The van der Waals surface area contributed by atoms with E-state index in [9.17, 15) is 14.9 Å². The third kappa shape index (κ3) is 5.39. The monoisotopic (exact) mass is 488 g/mol. The Morgan fingerprint density at radius 1 is 1.17 bits per heavy atom. The number of hydrogen-bond donors (Lipinski definition) is 0. The number of carbonyl (C=O) groups is 1. The zero-order chi connectivity index (χ0) is 21.1. The van der Waals surface area contributed by atoms with Crippen molar-refractivity contribution in [2.24, 2.45) is 0 Å². The number of rotatable bonds is 7. The van der Waals surface area contributed by atoms with Crippen molar-refractivity contribution in [1.29, 1.82) is 0 Å². The van der Waals surface area contributed by atoms with Crippen LogP contribution in [0.4, 0.5) is 10.8 Å². The van der Waals surface area contributed by atoms with E-state index in [0.717, 1.165) is 11.2 Å². The van der Waals surface area contributed by atoms with Crippen LogP contribution in [0.5, 0.6) is 0 Å². The zero-order valence-electron chi connectivity index (χ0n) is 16.2. The van der Waals surface area contributed by atoms with Crippen LogP contribution in [0.1, 0.15) is 16.8 Å². The van der Waals surface area contributed by atoms with E-state index >= 15 is 0 Å². The minimum atomic E-state index is -0.555. The molecule has 0 saturated heterocycles. The average molecular weight is 490 g/mol. The van der Waals surface area contributed by atoms with Crippen LogP contribution < -0.4 is 4.90 Å². The predicted molar refractivity (Wildman–Crippen MR) is 125 cm³/mol. The normalized spacial score (nSPS) is 10.8. The maximum atomic E-state index is 13.3. The standard InChI is InChI=1S/C19H18Cl2N4O3S.ClH/c1-23(2)9-4-10-24(19-22-17-15(21)5-3-6-16(17)29-19)18(26)13-11-12(25(27)28)7-8-14(13)20;/h3,5-8,11H,4,9-10H2,1-2H3;1H. The Morgan fingerprint density at radius 2 is 1.90 bits per heavy atom. The van der Waals surface area contributed by atoms with E-state index in [0.29, 0.717) is 28.6 Å². The molecule has 0 spiro atoms. The highest BCUT2D eigenvalue weighted by atomic mass is 35.5. The molecule has 3 aromatic rings. The molecule has 160 valence electrons. The second-order valence-corrected chi connectivity index (χ2v) is 8.44. The fraction of sp³-hybridized carbons (Fsp3) is 0.263. The number of amides is 1. The van der Waals surface area contributed by atoms with Crippen LogP contribution in [0.3, 0.4) is 0 Å². The first-order valence-electron chi connectivity index (χ1n) is 8.73. The summed E-state index contributed by atoms with van der Waals surface area (Å²) in [5.41, 5.74) is 0.485. The van der Waals surface area contributed by atoms with Crippen molar-refractivity contribution in [3.05, 3.63) is 62.1 Å². The molecule has 30 heavy (non-hydrogen) atoms. The first-order chi connectivity index (χ1) is 13.8. The molecule has 3 rings (SSSR count). The van der Waals surface area contributed by atoms with Gasteiger partial charge >= 0.3 is 0 Å². The number of nitro groups is 1. The third-order valence-corrected chi connectivity index (χ3v) is 5.89. The molecule has 0 N–H and O–H groups in total. The second kappa shape index (κ2) is 10.4. The van der Waals surface area contributed by atoms with Crippen LogP contribution in [0.2, 0.25) is 10.0 Å². The number of aromatic nitrogens is 1. The Labute approximate surface area is 193 Å². The van der Waals surface area contributed by atoms with Gasteiger partial charge in [0, 0.05) is 18.7 Å². The molecule has 0 saturated carbocycles. The largest absolute Gasteiger partial charge is 0.309 e. The molecule has 11 heteroatoms. The number of halogens is 3. The lowest BCUT2D eigenvalue weighted by atomic mass is 10.1. The highest BCUT2D eigenvalue weighted by Crippen LogP contribution is 2.34. The number of non-ortho nitro benzene ring substituents is 1. The van der Waals surface area contributed by atoms with E-state index in [1.807, 2.05) is 31.1 Å². The zero-order valence-corrected chi connectivity index (χ0v) is 19.3. The summed E-state index contributed by atoms with van der Waals surface area (Å²) >= 11 is 13.8. The number of hydrogen-bond acceptors (Lipinski definition) is 6. The quantitative estimate of drug-likeness (QED) is 0.322. The number of thiazole rings is 1. The SMILES string of the molecule is CN(C)CCCN(C(=O)c1cc([N+](=O)[O-])ccc1Cl)c1nc2c(Cl)cccc2s1.Cl. The van der Waals surface area contributed by atoms with E-state index < -0.39 is 10.8 Å². The second-order valence-electron chi connectivity index (χ2n) is 6.62. The number of fused-ring (bicyclic) bond motifs is 1. The Bertz CT molecular complexity index is 1070. The molecule has 0 fully saturated rings. The molecule has 0 aliphatic rings. The minimum Gasteiger partial charge on any atom is -0.309 e. The minimum absolute atomic E-state index is 0. The number of para-hydroxylation sites is 1. The number of carbonyl (C=O) groups excluding carboxylic acids is 1. The summed E-state index contributed by atoms with van der Waals surface area (Å²) in [6, 6.07) is 9.27. The molecule has 1 aromatic heterocycles. The van der Waals surface area contributed by atoms with E-state index in [2.05, 4.69) is 4.98 Å². The van der Waals surface area contributed by atoms with Gasteiger partial charge in [-0.3, -0.25) is 19.8 Å². The maximum absolute atomic E-state index is 13.3. The van der Waals surface area contributed by atoms with Crippen LogP contribution in [0.15, 0.2) is 36.4 Å². The van der Waals surface area contributed by atoms with Gasteiger partial charge in [0.25, 0.3) is 11.6 Å². The smallest absolute Gasteiger partial charge is 0.270 e. The van der Waals surface area contributed by atoms with Gasteiger partial charge in [-0.15, -0.1) is 12.4 Å². The van der Waals surface area contributed by atoms with Crippen LogP contribution >= 0.6 is 46.9 Å². The molecule has 0 aliphatic heterocycles. The Hall–Kier alpha value is -1.97. The molecule has 1 amide bonds. The van der Waals surface area contributed by atoms with E-state index in [4.69, 9.17) is 23.2 Å². The summed E-state index contributed by atoms with van der Waals surface area (Å²) in [4.78, 5) is 32.0. The Kier molecular flexibility index (Phi) is 8.40. The summed E-state index contributed by atoms with van der Waals surface area (Å²) in [5, 5.41) is 12.3. The van der Waals surface area contributed by atoms with Crippen LogP contribution in [-0.2, 0) is 0 Å². The van der Waals surface area contributed by atoms with Crippen molar-refractivity contribution in [3.63, 3.8) is 0 Å². The summed E-state index contributed by atoms with van der Waals surface area (Å²) in [5.74, 6) is -0.437. The maximum Gasteiger partial charge on any atom is 0.270 e. The third-order valence-electron chi connectivity index (χ3n) is 4.21. The molecule has 7 nitrogen and oxygen atoms in total. The van der Waals surface area contributed by atoms with Gasteiger partial charge in [0.1, 0.15) is 5.52 Å². The molecule has 0 atom stereocenters. The Morgan fingerprint density at radius 3 is 2.53 bits per heavy atom. The lowest BCUT2D eigenvalue weighted by molar-refractivity contribution is -0.384. The van der Waals surface area contributed by atoms with E-state index in [-0.39, 0.29) is 28.7 Å². The van der Waals surface area contributed by atoms with Gasteiger partial charge in [-0.2, -0.15) is 0 Å². The van der Waals surface area contributed by atoms with Crippen LogP contribution in [0, 0.1) is 10.1 Å². The fourth-order valence-electron chi connectivity index (χ4n) is 2.78. The Balaban J connectivity index is 0.00000320. The molecular weight excluding hydrogens is 471 g/mol. The lowest BCUT2D eigenvalue weighted by Gasteiger charge is -2.21. The fourth-order valence-corrected chi connectivity index (χ4v) is 4.27. The first-order valence-corrected chi connectivity index (χ1v) is 10.3.